The average molecular weight is 606 g/mol. The van der Waals surface area contributed by atoms with Gasteiger partial charge in [-0.25, -0.2) is 4.79 Å². The molecule has 0 atom stereocenters. The van der Waals surface area contributed by atoms with Crippen LogP contribution in [0.2, 0.25) is 0 Å². The van der Waals surface area contributed by atoms with Crippen LogP contribution in [0.15, 0.2) is 60.7 Å². The average Bonchev–Trinajstić information content (AvgIpc) is 2.97. The van der Waals surface area contributed by atoms with Crippen molar-refractivity contribution in [2.24, 2.45) is 0 Å². The highest BCUT2D eigenvalue weighted by atomic mass is 16.5. The van der Waals surface area contributed by atoms with E-state index in [4.69, 9.17) is 9.47 Å². The minimum Gasteiger partial charge on any atom is -0.489 e. The third-order valence-electron chi connectivity index (χ3n) is 6.01. The summed E-state index contributed by atoms with van der Waals surface area (Å²) in [7, 11) is 6.75. The molecule has 0 unspecified atom stereocenters. The van der Waals surface area contributed by atoms with E-state index >= 15 is 0 Å². The van der Waals surface area contributed by atoms with Gasteiger partial charge in [-0.2, -0.15) is 0 Å². The third kappa shape index (κ3) is 14.0. The number of esters is 1. The number of ether oxygens (including phenoxy) is 2. The first kappa shape index (κ1) is 37.4. The zero-order chi connectivity index (χ0) is 33.4. The van der Waals surface area contributed by atoms with Crippen molar-refractivity contribution in [1.29, 1.82) is 0 Å². The van der Waals surface area contributed by atoms with E-state index in [1.807, 2.05) is 57.2 Å². The fraction of sp³-hybridized carbons (Fsp3) is 0.371. The first-order chi connectivity index (χ1) is 20.6. The van der Waals surface area contributed by atoms with Crippen molar-refractivity contribution in [2.75, 3.05) is 40.1 Å². The van der Waals surface area contributed by atoms with Gasteiger partial charge in [-0.1, -0.05) is 62.7 Å². The zero-order valence-electron chi connectivity index (χ0n) is 27.7. The molecule has 0 aromatic heterocycles. The maximum absolute atomic E-state index is 12.4. The van der Waals surface area contributed by atoms with E-state index in [9.17, 15) is 19.2 Å². The molecule has 0 heterocycles. The van der Waals surface area contributed by atoms with Crippen LogP contribution in [0, 0.1) is 20.8 Å². The van der Waals surface area contributed by atoms with Gasteiger partial charge < -0.3 is 24.6 Å². The molecular formula is C35H47N3O6. The number of hydrogen-bond acceptors (Lipinski definition) is 6. The molecule has 0 aliphatic heterocycles. The molecule has 3 aromatic carbocycles. The number of hydrogen-bond donors (Lipinski definition) is 1. The lowest BCUT2D eigenvalue weighted by atomic mass is 9.87. The Labute approximate surface area is 262 Å². The Morgan fingerprint density at radius 1 is 0.795 bits per heavy atom. The van der Waals surface area contributed by atoms with Crippen LogP contribution in [0.1, 0.15) is 58.9 Å². The van der Waals surface area contributed by atoms with E-state index in [-0.39, 0.29) is 17.9 Å². The zero-order valence-corrected chi connectivity index (χ0v) is 27.7. The second-order valence-electron chi connectivity index (χ2n) is 11.8. The summed E-state index contributed by atoms with van der Waals surface area (Å²) in [5.74, 6) is -0.120. The van der Waals surface area contributed by atoms with E-state index in [0.29, 0.717) is 12.2 Å². The summed E-state index contributed by atoms with van der Waals surface area (Å²) in [6, 6.07) is 19.1. The van der Waals surface area contributed by atoms with Crippen molar-refractivity contribution in [1.82, 2.24) is 9.80 Å². The molecule has 0 fully saturated rings. The predicted octanol–water partition coefficient (Wildman–Crippen LogP) is 5.69. The molecule has 0 saturated carbocycles. The summed E-state index contributed by atoms with van der Waals surface area (Å²) in [5.41, 5.74) is 6.49. The highest BCUT2D eigenvalue weighted by molar-refractivity contribution is 5.96. The lowest BCUT2D eigenvalue weighted by Crippen LogP contribution is -2.22. The van der Waals surface area contributed by atoms with Crippen molar-refractivity contribution in [3.63, 3.8) is 0 Å². The van der Waals surface area contributed by atoms with Crippen LogP contribution >= 0.6 is 0 Å². The number of anilines is 1. The van der Waals surface area contributed by atoms with Crippen LogP contribution in [-0.4, -0.2) is 69.3 Å². The van der Waals surface area contributed by atoms with Gasteiger partial charge in [0.2, 0.25) is 12.8 Å². The summed E-state index contributed by atoms with van der Waals surface area (Å²) >= 11 is 0. The smallest absolute Gasteiger partial charge is 0.338 e. The van der Waals surface area contributed by atoms with Crippen LogP contribution in [0.25, 0.3) is 0 Å². The van der Waals surface area contributed by atoms with Crippen LogP contribution in [0.4, 0.5) is 5.69 Å². The maximum atomic E-state index is 12.4. The molecule has 0 spiro atoms. The maximum Gasteiger partial charge on any atom is 0.338 e. The Kier molecular flexibility index (Phi) is 15.4. The minimum atomic E-state index is -0.544. The van der Waals surface area contributed by atoms with Crippen molar-refractivity contribution in [3.05, 3.63) is 94.0 Å². The molecule has 0 radical (unpaired) electrons. The predicted molar refractivity (Wildman–Crippen MR) is 175 cm³/mol. The normalized spacial score (nSPS) is 10.1. The summed E-state index contributed by atoms with van der Waals surface area (Å²) < 4.78 is 11.0. The number of benzene rings is 3. The monoisotopic (exact) mass is 605 g/mol. The van der Waals surface area contributed by atoms with Gasteiger partial charge in [0.15, 0.2) is 6.61 Å². The number of carbonyl (C=O) groups is 4. The van der Waals surface area contributed by atoms with Crippen LogP contribution < -0.4 is 10.1 Å². The van der Waals surface area contributed by atoms with Crippen LogP contribution in [-0.2, 0) is 31.1 Å². The minimum absolute atomic E-state index is 0.0994. The molecule has 44 heavy (non-hydrogen) atoms. The van der Waals surface area contributed by atoms with Gasteiger partial charge in [-0.05, 0) is 72.7 Å². The van der Waals surface area contributed by atoms with Crippen molar-refractivity contribution >= 4 is 30.4 Å². The van der Waals surface area contributed by atoms with Gasteiger partial charge in [-0.3, -0.25) is 14.4 Å². The highest BCUT2D eigenvalue weighted by Crippen LogP contribution is 2.25. The molecule has 3 rings (SSSR count). The molecule has 238 valence electrons. The molecule has 3 amide bonds. The Morgan fingerprint density at radius 3 is 1.70 bits per heavy atom. The fourth-order valence-corrected chi connectivity index (χ4v) is 3.72. The summed E-state index contributed by atoms with van der Waals surface area (Å²) in [4.78, 5) is 46.4. The second-order valence-corrected chi connectivity index (χ2v) is 11.8. The SMILES string of the molecule is CN(C)C=O.CN(C)C=O.Cc1cc(C)c(NC(=O)COC(=O)c2ccc(COc3ccc(C(C)(C)C)cc3)cc2)c(C)c1. The van der Waals surface area contributed by atoms with Crippen molar-refractivity contribution in [3.8, 4) is 5.75 Å². The lowest BCUT2D eigenvalue weighted by molar-refractivity contribution is -0.119. The fourth-order valence-electron chi connectivity index (χ4n) is 3.72. The van der Waals surface area contributed by atoms with Gasteiger partial charge in [0.1, 0.15) is 12.4 Å². The van der Waals surface area contributed by atoms with Gasteiger partial charge in [0.05, 0.1) is 5.56 Å². The Hall–Kier alpha value is -4.66. The lowest BCUT2D eigenvalue weighted by Gasteiger charge is -2.19. The van der Waals surface area contributed by atoms with Gasteiger partial charge >= 0.3 is 5.97 Å². The molecule has 1 N–H and O–H groups in total. The van der Waals surface area contributed by atoms with Crippen molar-refractivity contribution < 1.29 is 28.7 Å². The topological polar surface area (TPSA) is 105 Å². The van der Waals surface area contributed by atoms with Gasteiger partial charge in [0, 0.05) is 33.9 Å². The van der Waals surface area contributed by atoms with E-state index in [0.717, 1.165) is 46.5 Å². The Balaban J connectivity index is 0.000000837. The molecule has 9 heteroatoms. The van der Waals surface area contributed by atoms with E-state index in [2.05, 4.69) is 38.2 Å². The summed E-state index contributed by atoms with van der Waals surface area (Å²) in [5, 5.41) is 2.83. The number of rotatable bonds is 9. The van der Waals surface area contributed by atoms with Crippen molar-refractivity contribution in [2.45, 2.75) is 53.6 Å². The third-order valence-corrected chi connectivity index (χ3v) is 6.01. The largest absolute Gasteiger partial charge is 0.489 e. The first-order valence-electron chi connectivity index (χ1n) is 14.2. The number of nitrogens with zero attached hydrogens (tertiary/aromatic N) is 2. The first-order valence-corrected chi connectivity index (χ1v) is 14.2. The summed E-state index contributed by atoms with van der Waals surface area (Å²) in [6.07, 6.45) is 1.50. The molecule has 0 saturated heterocycles. The summed E-state index contributed by atoms with van der Waals surface area (Å²) in [6.45, 7) is 12.5. The molecular weight excluding hydrogens is 558 g/mol. The Morgan fingerprint density at radius 2 is 1.27 bits per heavy atom. The number of nitrogens with one attached hydrogen (secondary N) is 1. The van der Waals surface area contributed by atoms with E-state index < -0.39 is 5.97 Å². The molecule has 0 aliphatic rings. The molecule has 9 nitrogen and oxygen atoms in total. The van der Waals surface area contributed by atoms with Crippen LogP contribution in [0.5, 0.6) is 5.75 Å². The van der Waals surface area contributed by atoms with Gasteiger partial charge in [-0.15, -0.1) is 0 Å². The van der Waals surface area contributed by atoms with E-state index in [1.165, 1.54) is 15.4 Å². The Bertz CT molecular complexity index is 1320. The second kappa shape index (κ2) is 18.1. The number of aryl methyl sites for hydroxylation is 3. The van der Waals surface area contributed by atoms with Gasteiger partial charge in [0.25, 0.3) is 5.91 Å². The highest BCUT2D eigenvalue weighted by Gasteiger charge is 2.14. The quantitative estimate of drug-likeness (QED) is 0.248. The van der Waals surface area contributed by atoms with E-state index in [1.54, 1.807) is 40.3 Å². The number of amides is 3. The molecule has 3 aromatic rings. The number of carbonyl (C=O) groups excluding carboxylic acids is 4. The standard InChI is InChI=1S/C29H33NO4.2C3H7NO/c1-19-15-20(2)27(21(3)16-19)30-26(31)18-34-28(32)23-9-7-22(8-10-23)17-33-25-13-11-24(12-14-25)29(4,5)6;2*1-4(2)3-5/h7-16H,17-18H2,1-6H3,(H,30,31);2*3H,1-2H3. The molecule has 0 bridgehead atoms. The van der Waals surface area contributed by atoms with Crippen LogP contribution in [0.3, 0.4) is 0 Å². The molecule has 0 aliphatic carbocycles.